The molecule has 0 fully saturated rings. The summed E-state index contributed by atoms with van der Waals surface area (Å²) in [5.74, 6) is 1.17. The number of benzene rings is 2. The van der Waals surface area contributed by atoms with Gasteiger partial charge in [0.15, 0.2) is 0 Å². The minimum Gasteiger partial charge on any atom is -0.491 e. The SMILES string of the molecule is Cc1ccc(Cl)c(OCC(O)COc2cccc(N)c2)c1. The number of aliphatic hydroxyl groups is 1. The molecule has 0 aliphatic rings. The van der Waals surface area contributed by atoms with Crippen LogP contribution in [0.3, 0.4) is 0 Å². The summed E-state index contributed by atoms with van der Waals surface area (Å²) in [6.45, 7) is 2.17. The summed E-state index contributed by atoms with van der Waals surface area (Å²) in [4.78, 5) is 0. The van der Waals surface area contributed by atoms with Gasteiger partial charge in [0.05, 0.1) is 5.02 Å². The monoisotopic (exact) mass is 307 g/mol. The minimum atomic E-state index is -0.761. The average Bonchev–Trinajstić information content (AvgIpc) is 2.46. The van der Waals surface area contributed by atoms with Crippen LogP contribution in [-0.2, 0) is 0 Å². The van der Waals surface area contributed by atoms with Crippen LogP contribution >= 0.6 is 11.6 Å². The number of aryl methyl sites for hydroxylation is 1. The van der Waals surface area contributed by atoms with Crippen LogP contribution in [-0.4, -0.2) is 24.4 Å². The molecular formula is C16H18ClNO3. The zero-order valence-electron chi connectivity index (χ0n) is 11.8. The lowest BCUT2D eigenvalue weighted by Gasteiger charge is -2.14. The standard InChI is InChI=1S/C16H18ClNO3/c1-11-5-6-15(17)16(7-11)21-10-13(19)9-20-14-4-2-3-12(18)8-14/h2-8,13,19H,9-10,18H2,1H3. The Morgan fingerprint density at radius 3 is 2.67 bits per heavy atom. The lowest BCUT2D eigenvalue weighted by molar-refractivity contribution is 0.0627. The first-order valence-electron chi connectivity index (χ1n) is 6.60. The van der Waals surface area contributed by atoms with Crippen molar-refractivity contribution in [3.63, 3.8) is 0 Å². The Morgan fingerprint density at radius 1 is 1.14 bits per heavy atom. The molecule has 3 N–H and O–H groups in total. The zero-order chi connectivity index (χ0) is 15.2. The van der Waals surface area contributed by atoms with Crippen molar-refractivity contribution in [1.82, 2.24) is 0 Å². The fourth-order valence-corrected chi connectivity index (χ4v) is 1.92. The second-order valence-electron chi connectivity index (χ2n) is 4.78. The number of rotatable bonds is 6. The third kappa shape index (κ3) is 4.85. The van der Waals surface area contributed by atoms with Gasteiger partial charge in [-0.2, -0.15) is 0 Å². The molecule has 0 saturated heterocycles. The molecule has 5 heteroatoms. The Balaban J connectivity index is 1.82. The lowest BCUT2D eigenvalue weighted by atomic mass is 10.2. The molecule has 0 aliphatic heterocycles. The minimum absolute atomic E-state index is 0.103. The van der Waals surface area contributed by atoms with E-state index in [0.717, 1.165) is 5.56 Å². The molecule has 0 aromatic heterocycles. The number of anilines is 1. The molecule has 0 saturated carbocycles. The van der Waals surface area contributed by atoms with E-state index in [-0.39, 0.29) is 13.2 Å². The molecule has 21 heavy (non-hydrogen) atoms. The summed E-state index contributed by atoms with van der Waals surface area (Å²) in [7, 11) is 0. The van der Waals surface area contributed by atoms with E-state index in [2.05, 4.69) is 0 Å². The summed E-state index contributed by atoms with van der Waals surface area (Å²) < 4.78 is 11.0. The second kappa shape index (κ2) is 7.20. The van der Waals surface area contributed by atoms with Crippen LogP contribution in [0.5, 0.6) is 11.5 Å². The number of aliphatic hydroxyl groups excluding tert-OH is 1. The molecular weight excluding hydrogens is 290 g/mol. The molecule has 0 amide bonds. The van der Waals surface area contributed by atoms with Crippen LogP contribution in [0.4, 0.5) is 5.69 Å². The molecule has 0 bridgehead atoms. The Bertz CT molecular complexity index is 604. The molecule has 0 radical (unpaired) electrons. The van der Waals surface area contributed by atoms with Gasteiger partial charge in [0.2, 0.25) is 0 Å². The van der Waals surface area contributed by atoms with Crippen LogP contribution in [0.2, 0.25) is 5.02 Å². The van der Waals surface area contributed by atoms with Gasteiger partial charge in [0.25, 0.3) is 0 Å². The smallest absolute Gasteiger partial charge is 0.138 e. The van der Waals surface area contributed by atoms with Gasteiger partial charge in [-0.15, -0.1) is 0 Å². The van der Waals surface area contributed by atoms with Crippen molar-refractivity contribution in [2.75, 3.05) is 18.9 Å². The Morgan fingerprint density at radius 2 is 1.90 bits per heavy atom. The normalized spacial score (nSPS) is 12.0. The van der Waals surface area contributed by atoms with Crippen molar-refractivity contribution >= 4 is 17.3 Å². The fourth-order valence-electron chi connectivity index (χ4n) is 1.75. The molecule has 2 aromatic carbocycles. The maximum absolute atomic E-state index is 9.88. The number of nitrogens with two attached hydrogens (primary N) is 1. The summed E-state index contributed by atoms with van der Waals surface area (Å²) in [5.41, 5.74) is 7.31. The van der Waals surface area contributed by atoms with Crippen LogP contribution < -0.4 is 15.2 Å². The summed E-state index contributed by atoms with van der Waals surface area (Å²) in [6, 6.07) is 12.5. The van der Waals surface area contributed by atoms with E-state index in [0.29, 0.717) is 22.2 Å². The Labute approximate surface area is 129 Å². The highest BCUT2D eigenvalue weighted by atomic mass is 35.5. The fraction of sp³-hybridized carbons (Fsp3) is 0.250. The first-order valence-corrected chi connectivity index (χ1v) is 6.98. The van der Waals surface area contributed by atoms with Crippen molar-refractivity contribution in [2.45, 2.75) is 13.0 Å². The van der Waals surface area contributed by atoms with Gasteiger partial charge in [0.1, 0.15) is 30.8 Å². The van der Waals surface area contributed by atoms with E-state index in [1.807, 2.05) is 19.1 Å². The van der Waals surface area contributed by atoms with Crippen molar-refractivity contribution in [1.29, 1.82) is 0 Å². The first kappa shape index (κ1) is 15.5. The summed E-state index contributed by atoms with van der Waals surface area (Å²) in [6.07, 6.45) is -0.761. The van der Waals surface area contributed by atoms with E-state index in [1.54, 1.807) is 30.3 Å². The quantitative estimate of drug-likeness (QED) is 0.805. The molecule has 1 unspecified atom stereocenters. The molecule has 112 valence electrons. The summed E-state index contributed by atoms with van der Waals surface area (Å²) in [5, 5.41) is 10.4. The van der Waals surface area contributed by atoms with Crippen LogP contribution in [0.1, 0.15) is 5.56 Å². The van der Waals surface area contributed by atoms with E-state index in [9.17, 15) is 5.11 Å². The lowest BCUT2D eigenvalue weighted by Crippen LogP contribution is -2.25. The highest BCUT2D eigenvalue weighted by Crippen LogP contribution is 2.25. The van der Waals surface area contributed by atoms with E-state index >= 15 is 0 Å². The molecule has 2 rings (SSSR count). The molecule has 0 heterocycles. The Kier molecular flexibility index (Phi) is 5.31. The largest absolute Gasteiger partial charge is 0.491 e. The van der Waals surface area contributed by atoms with E-state index < -0.39 is 6.10 Å². The van der Waals surface area contributed by atoms with Crippen LogP contribution in [0.25, 0.3) is 0 Å². The summed E-state index contributed by atoms with van der Waals surface area (Å²) >= 11 is 6.02. The highest BCUT2D eigenvalue weighted by molar-refractivity contribution is 6.32. The highest BCUT2D eigenvalue weighted by Gasteiger charge is 2.09. The maximum Gasteiger partial charge on any atom is 0.138 e. The zero-order valence-corrected chi connectivity index (χ0v) is 12.5. The number of hydrogen-bond acceptors (Lipinski definition) is 4. The van der Waals surface area contributed by atoms with Crippen molar-refractivity contribution in [2.24, 2.45) is 0 Å². The van der Waals surface area contributed by atoms with Gasteiger partial charge in [-0.1, -0.05) is 23.7 Å². The maximum atomic E-state index is 9.88. The van der Waals surface area contributed by atoms with Gasteiger partial charge >= 0.3 is 0 Å². The third-order valence-corrected chi connectivity index (χ3v) is 3.13. The first-order chi connectivity index (χ1) is 10.0. The van der Waals surface area contributed by atoms with Gasteiger partial charge in [0, 0.05) is 11.8 Å². The molecule has 0 aliphatic carbocycles. The average molecular weight is 308 g/mol. The van der Waals surface area contributed by atoms with Gasteiger partial charge in [-0.25, -0.2) is 0 Å². The predicted octanol–water partition coefficient (Wildman–Crippen LogP) is 3.05. The number of hydrogen-bond donors (Lipinski definition) is 2. The molecule has 2 aromatic rings. The predicted molar refractivity (Wildman–Crippen MR) is 84.0 cm³/mol. The second-order valence-corrected chi connectivity index (χ2v) is 5.19. The number of ether oxygens (including phenoxy) is 2. The van der Waals surface area contributed by atoms with E-state index in [1.165, 1.54) is 0 Å². The van der Waals surface area contributed by atoms with Crippen LogP contribution in [0, 0.1) is 6.92 Å². The van der Waals surface area contributed by atoms with Crippen molar-refractivity contribution in [3.8, 4) is 11.5 Å². The van der Waals surface area contributed by atoms with Gasteiger partial charge in [-0.3, -0.25) is 0 Å². The number of nitrogen functional groups attached to an aromatic ring is 1. The van der Waals surface area contributed by atoms with E-state index in [4.69, 9.17) is 26.8 Å². The number of halogens is 1. The Hall–Kier alpha value is -1.91. The van der Waals surface area contributed by atoms with Crippen molar-refractivity contribution < 1.29 is 14.6 Å². The topological polar surface area (TPSA) is 64.7 Å². The van der Waals surface area contributed by atoms with Crippen molar-refractivity contribution in [3.05, 3.63) is 53.1 Å². The third-order valence-electron chi connectivity index (χ3n) is 2.82. The molecule has 1 atom stereocenters. The van der Waals surface area contributed by atoms with Crippen LogP contribution in [0.15, 0.2) is 42.5 Å². The molecule has 0 spiro atoms. The van der Waals surface area contributed by atoms with Gasteiger partial charge < -0.3 is 20.3 Å². The van der Waals surface area contributed by atoms with Gasteiger partial charge in [-0.05, 0) is 36.8 Å². The molecule has 4 nitrogen and oxygen atoms in total.